The Morgan fingerprint density at radius 3 is 2.87 bits per heavy atom. The van der Waals surface area contributed by atoms with E-state index in [0.29, 0.717) is 38.9 Å². The minimum absolute atomic E-state index is 0.00813. The number of nitrogens with one attached hydrogen (secondary N) is 1. The predicted octanol–water partition coefficient (Wildman–Crippen LogP) is 1.74. The first-order valence-corrected chi connectivity index (χ1v) is 8.29. The van der Waals surface area contributed by atoms with Gasteiger partial charge in [0.1, 0.15) is 5.82 Å². The van der Waals surface area contributed by atoms with Gasteiger partial charge in [0.15, 0.2) is 11.5 Å². The van der Waals surface area contributed by atoms with Crippen molar-refractivity contribution in [3.05, 3.63) is 32.9 Å². The predicted molar refractivity (Wildman–Crippen MR) is 84.9 cm³/mol. The average Bonchev–Trinajstić information content (AvgIpc) is 3.15. The van der Waals surface area contributed by atoms with Crippen molar-refractivity contribution in [3.8, 4) is 11.5 Å². The maximum absolute atomic E-state index is 11.4. The highest BCUT2D eigenvalue weighted by Gasteiger charge is 2.16. The molecule has 0 fully saturated rings. The highest BCUT2D eigenvalue weighted by molar-refractivity contribution is 9.10. The number of thioether (sulfide) groups is 1. The number of carbonyl (C=O) groups is 1. The van der Waals surface area contributed by atoms with Crippen LogP contribution in [-0.2, 0) is 11.2 Å². The zero-order valence-corrected chi connectivity index (χ0v) is 14.4. The number of carboxylic acid groups (broad SMARTS) is 1. The lowest BCUT2D eigenvalue weighted by Gasteiger charge is -2.08. The van der Waals surface area contributed by atoms with Gasteiger partial charge in [-0.3, -0.25) is 5.10 Å². The van der Waals surface area contributed by atoms with E-state index in [0.717, 1.165) is 11.8 Å². The average molecular weight is 397 g/mol. The molecule has 0 saturated carbocycles. The molecule has 2 heterocycles. The number of halogens is 1. The number of benzene rings is 1. The number of aliphatic carboxylic acids is 1. The summed E-state index contributed by atoms with van der Waals surface area (Å²) in [4.78, 5) is 15.6. The number of aromatic amines is 1. The number of fused-ring (bicyclic) bond motifs is 1. The van der Waals surface area contributed by atoms with E-state index in [1.54, 1.807) is 12.1 Å². The van der Waals surface area contributed by atoms with Gasteiger partial charge in [-0.1, -0.05) is 22.9 Å². The minimum Gasteiger partial charge on any atom is -0.544 e. The fourth-order valence-electron chi connectivity index (χ4n) is 1.89. The number of hydrogen-bond donors (Lipinski definition) is 1. The Morgan fingerprint density at radius 2 is 2.22 bits per heavy atom. The molecule has 1 aliphatic heterocycles. The lowest BCUT2D eigenvalue weighted by Crippen LogP contribution is -2.23. The van der Waals surface area contributed by atoms with Gasteiger partial charge < -0.3 is 19.4 Å². The van der Waals surface area contributed by atoms with E-state index in [1.165, 1.54) is 6.08 Å². The third-order valence-corrected chi connectivity index (χ3v) is 4.58. The number of H-pyrrole nitrogens is 1. The maximum atomic E-state index is 11.4. The topological polar surface area (TPSA) is 100 Å². The molecule has 0 amide bonds. The number of rotatable bonds is 5. The standard InChI is InChI=1S/C14H12BrN3O4S/c1-2-12-16-14(18-17-12)23-11(13(19)20)4-7-3-9-10(5-8(7)15)22-6-21-9/h3-5H,2,6H2,1H3,(H,19,20)(H,16,17,18)/p-1/b11-4-. The molecule has 120 valence electrons. The Balaban J connectivity index is 1.91. The SMILES string of the molecule is CCc1nc(S/C(=C\c2cc3c(cc2Br)OCO3)C(=O)[O-])n[nH]1. The van der Waals surface area contributed by atoms with E-state index in [2.05, 4.69) is 31.1 Å². The molecule has 7 nitrogen and oxygen atoms in total. The highest BCUT2D eigenvalue weighted by atomic mass is 79.9. The quantitative estimate of drug-likeness (QED) is 0.606. The van der Waals surface area contributed by atoms with E-state index >= 15 is 0 Å². The molecule has 0 aliphatic carbocycles. The van der Waals surface area contributed by atoms with Gasteiger partial charge in [0.05, 0.1) is 5.97 Å². The summed E-state index contributed by atoms with van der Waals surface area (Å²) in [6.07, 6.45) is 2.17. The van der Waals surface area contributed by atoms with Crippen molar-refractivity contribution in [1.82, 2.24) is 15.2 Å². The van der Waals surface area contributed by atoms with Gasteiger partial charge in [-0.05, 0) is 35.5 Å². The van der Waals surface area contributed by atoms with Crippen molar-refractivity contribution in [2.24, 2.45) is 0 Å². The van der Waals surface area contributed by atoms with Gasteiger partial charge in [0, 0.05) is 15.8 Å². The molecule has 1 aromatic carbocycles. The van der Waals surface area contributed by atoms with Crippen molar-refractivity contribution < 1.29 is 19.4 Å². The lowest BCUT2D eigenvalue weighted by atomic mass is 10.2. The van der Waals surface area contributed by atoms with Crippen LogP contribution in [0.2, 0.25) is 0 Å². The second kappa shape index (κ2) is 6.63. The molecule has 3 rings (SSSR count). The summed E-state index contributed by atoms with van der Waals surface area (Å²) < 4.78 is 11.3. The highest BCUT2D eigenvalue weighted by Crippen LogP contribution is 2.38. The molecule has 2 aromatic rings. The van der Waals surface area contributed by atoms with Crippen molar-refractivity contribution in [1.29, 1.82) is 0 Å². The molecule has 0 atom stereocenters. The summed E-state index contributed by atoms with van der Waals surface area (Å²) in [5.41, 5.74) is 0.632. The normalized spacial score (nSPS) is 13.4. The van der Waals surface area contributed by atoms with E-state index < -0.39 is 5.97 Å². The third kappa shape index (κ3) is 3.50. The van der Waals surface area contributed by atoms with Crippen molar-refractivity contribution in [3.63, 3.8) is 0 Å². The third-order valence-electron chi connectivity index (χ3n) is 3.03. The molecule has 1 N–H and O–H groups in total. The van der Waals surface area contributed by atoms with Crippen LogP contribution in [-0.4, -0.2) is 27.9 Å². The van der Waals surface area contributed by atoms with E-state index in [-0.39, 0.29) is 11.7 Å². The number of aromatic nitrogens is 3. The van der Waals surface area contributed by atoms with Crippen LogP contribution in [0.5, 0.6) is 11.5 Å². The summed E-state index contributed by atoms with van der Waals surface area (Å²) in [5, 5.41) is 18.4. The zero-order chi connectivity index (χ0) is 16.4. The Hall–Kier alpha value is -2.00. The molecular weight excluding hydrogens is 386 g/mol. The van der Waals surface area contributed by atoms with Crippen LogP contribution in [0.3, 0.4) is 0 Å². The fourth-order valence-corrected chi connectivity index (χ4v) is 3.04. The van der Waals surface area contributed by atoms with Crippen LogP contribution in [0.25, 0.3) is 6.08 Å². The molecule has 0 spiro atoms. The Morgan fingerprint density at radius 1 is 1.48 bits per heavy atom. The summed E-state index contributed by atoms with van der Waals surface area (Å²) in [5.74, 6) is 0.559. The summed E-state index contributed by atoms with van der Waals surface area (Å²) in [6, 6.07) is 3.43. The first kappa shape index (κ1) is 15.9. The van der Waals surface area contributed by atoms with Gasteiger partial charge in [0.2, 0.25) is 11.9 Å². The van der Waals surface area contributed by atoms with Crippen molar-refractivity contribution in [2.45, 2.75) is 18.5 Å². The lowest BCUT2D eigenvalue weighted by molar-refractivity contribution is -0.297. The van der Waals surface area contributed by atoms with Gasteiger partial charge in [-0.25, -0.2) is 4.98 Å². The molecule has 1 aliphatic rings. The van der Waals surface area contributed by atoms with Crippen LogP contribution in [0.1, 0.15) is 18.3 Å². The first-order valence-electron chi connectivity index (χ1n) is 6.68. The van der Waals surface area contributed by atoms with Crippen LogP contribution >= 0.6 is 27.7 Å². The van der Waals surface area contributed by atoms with Crippen LogP contribution < -0.4 is 14.6 Å². The van der Waals surface area contributed by atoms with Gasteiger partial charge >= 0.3 is 0 Å². The number of hydrogen-bond acceptors (Lipinski definition) is 7. The van der Waals surface area contributed by atoms with Crippen LogP contribution in [0.15, 0.2) is 26.7 Å². The summed E-state index contributed by atoms with van der Waals surface area (Å²) in [7, 11) is 0. The second-order valence-corrected chi connectivity index (χ2v) is 6.41. The largest absolute Gasteiger partial charge is 0.544 e. The first-order chi connectivity index (χ1) is 11.1. The number of carboxylic acids is 1. The smallest absolute Gasteiger partial charge is 0.231 e. The summed E-state index contributed by atoms with van der Waals surface area (Å²) in [6.45, 7) is 2.07. The zero-order valence-electron chi connectivity index (χ0n) is 12.0. The molecule has 23 heavy (non-hydrogen) atoms. The molecular formula is C14H11BrN3O4S-. The van der Waals surface area contributed by atoms with Crippen LogP contribution in [0.4, 0.5) is 0 Å². The number of aryl methyl sites for hydroxylation is 1. The Kier molecular flexibility index (Phi) is 4.58. The van der Waals surface area contributed by atoms with Gasteiger partial charge in [-0.15, -0.1) is 5.10 Å². The molecule has 0 bridgehead atoms. The van der Waals surface area contributed by atoms with E-state index in [4.69, 9.17) is 9.47 Å². The van der Waals surface area contributed by atoms with Crippen LogP contribution in [0, 0.1) is 0 Å². The van der Waals surface area contributed by atoms with Gasteiger partial charge in [-0.2, -0.15) is 0 Å². The maximum Gasteiger partial charge on any atom is 0.231 e. The second-order valence-electron chi connectivity index (χ2n) is 4.54. The van der Waals surface area contributed by atoms with Crippen molar-refractivity contribution in [2.75, 3.05) is 6.79 Å². The summed E-state index contributed by atoms with van der Waals surface area (Å²) >= 11 is 4.31. The van der Waals surface area contributed by atoms with E-state index in [1.807, 2.05) is 6.92 Å². The molecule has 0 unspecified atom stereocenters. The number of ether oxygens (including phenoxy) is 2. The van der Waals surface area contributed by atoms with E-state index in [9.17, 15) is 9.90 Å². The fraction of sp³-hybridized carbons (Fsp3) is 0.214. The van der Waals surface area contributed by atoms with Gasteiger partial charge in [0.25, 0.3) is 0 Å². The molecule has 9 heteroatoms. The van der Waals surface area contributed by atoms with Crippen molar-refractivity contribution >= 4 is 39.7 Å². The minimum atomic E-state index is -1.30. The molecule has 0 radical (unpaired) electrons. The number of carbonyl (C=O) groups excluding carboxylic acids is 1. The Bertz CT molecular complexity index is 790. The monoisotopic (exact) mass is 396 g/mol. The molecule has 1 aromatic heterocycles. The number of nitrogens with zero attached hydrogens (tertiary/aromatic N) is 2. The molecule has 0 saturated heterocycles. The Labute approximate surface area is 144 Å².